The lowest BCUT2D eigenvalue weighted by Crippen LogP contribution is -2.36. The molecule has 1 aliphatic carbocycles. The number of hydrogen-bond donors (Lipinski definition) is 0. The minimum absolute atomic E-state index is 0.548. The Hall–Kier alpha value is -0.690. The number of allylic oxidation sites excluding steroid dienone is 1. The molecule has 0 spiro atoms. The van der Waals surface area contributed by atoms with Crippen LogP contribution >= 0.6 is 40.0 Å². The normalized spacial score (nSPS) is 17.8. The van der Waals surface area contributed by atoms with Gasteiger partial charge in [0.05, 0.1) is 31.5 Å². The molecule has 8 heteroatoms. The van der Waals surface area contributed by atoms with Crippen molar-refractivity contribution in [2.75, 3.05) is 31.2 Å². The molecule has 0 bridgehead atoms. The smallest absolute Gasteiger partial charge is 0.131 e. The maximum atomic E-state index is 6.25. The molecular weight excluding hydrogens is 446 g/mol. The third kappa shape index (κ3) is 3.14. The first-order valence-electron chi connectivity index (χ1n) is 7.39. The van der Waals surface area contributed by atoms with Crippen LogP contribution < -0.4 is 4.90 Å². The summed E-state index contributed by atoms with van der Waals surface area (Å²) < 4.78 is 7.42. The average molecular weight is 461 g/mol. The topological polar surface area (TPSA) is 43.2 Å². The highest BCUT2D eigenvalue weighted by Gasteiger charge is 2.24. The first-order valence-corrected chi connectivity index (χ1v) is 11.8. The monoisotopic (exact) mass is 460 g/mol. The molecule has 1 aliphatic heterocycles. The van der Waals surface area contributed by atoms with Gasteiger partial charge in [-0.25, -0.2) is 9.44 Å². The lowest BCUT2D eigenvalue weighted by molar-refractivity contribution is 0.122. The molecule has 4 rings (SSSR count). The van der Waals surface area contributed by atoms with Crippen LogP contribution in [0.5, 0.6) is 0 Å². The summed E-state index contributed by atoms with van der Waals surface area (Å²) in [7, 11) is 0. The van der Waals surface area contributed by atoms with Crippen molar-refractivity contribution < 1.29 is 4.74 Å². The Labute approximate surface area is 154 Å². The van der Waals surface area contributed by atoms with Crippen LogP contribution in [-0.2, 0) is 11.2 Å². The van der Waals surface area contributed by atoms with Crippen LogP contribution in [-0.4, -0.2) is 40.8 Å². The first-order chi connectivity index (χ1) is 11.2. The number of pyridine rings is 1. The fourth-order valence-electron chi connectivity index (χ4n) is 3.06. The van der Waals surface area contributed by atoms with Crippen LogP contribution in [0.4, 0.5) is 5.69 Å². The van der Waals surface area contributed by atoms with Gasteiger partial charge in [0.25, 0.3) is 0 Å². The molecule has 1 saturated heterocycles. The molecule has 120 valence electrons. The molecular formula is C15H15ClIN4OP. The Kier molecular flexibility index (Phi) is 4.58. The van der Waals surface area contributed by atoms with Gasteiger partial charge in [0, 0.05) is 42.5 Å². The Morgan fingerprint density at radius 2 is 2.13 bits per heavy atom. The molecule has 1 fully saturated rings. The molecule has 5 nitrogen and oxygen atoms in total. The van der Waals surface area contributed by atoms with Gasteiger partial charge in [-0.1, -0.05) is 11.6 Å². The molecule has 3 heterocycles. The Morgan fingerprint density at radius 1 is 1.30 bits per heavy atom. The van der Waals surface area contributed by atoms with E-state index in [-0.39, 0.29) is 0 Å². The molecule has 2 aliphatic rings. The molecule has 0 radical (unpaired) electrons. The fourth-order valence-corrected chi connectivity index (χ4v) is 4.33. The van der Waals surface area contributed by atoms with Gasteiger partial charge in [-0.3, -0.25) is 0 Å². The van der Waals surface area contributed by atoms with Crippen LogP contribution in [0.25, 0.3) is 11.6 Å². The average Bonchev–Trinajstić information content (AvgIpc) is 3.21. The van der Waals surface area contributed by atoms with Gasteiger partial charge in [-0.2, -0.15) is 5.10 Å². The zero-order valence-electron chi connectivity index (χ0n) is 12.3. The summed E-state index contributed by atoms with van der Waals surface area (Å²) in [5.74, 6) is 0. The van der Waals surface area contributed by atoms with Crippen molar-refractivity contribution in [3.05, 3.63) is 40.4 Å². The summed E-state index contributed by atoms with van der Waals surface area (Å²) in [6, 6.07) is 1.98. The molecule has 1 atom stereocenters. The van der Waals surface area contributed by atoms with Crippen molar-refractivity contribution in [2.24, 2.45) is 0 Å². The van der Waals surface area contributed by atoms with Crippen LogP contribution in [0, 0.1) is 0 Å². The summed E-state index contributed by atoms with van der Waals surface area (Å²) in [4.78, 5) is 6.87. The first kappa shape index (κ1) is 15.8. The molecule has 1 unspecified atom stereocenters. The third-order valence-electron chi connectivity index (χ3n) is 4.17. The van der Waals surface area contributed by atoms with Gasteiger partial charge in [0.1, 0.15) is 5.15 Å². The highest BCUT2D eigenvalue weighted by molar-refractivity contribution is 14.2. The Balaban J connectivity index is 1.68. The predicted octanol–water partition coefficient (Wildman–Crippen LogP) is 3.66. The van der Waals surface area contributed by atoms with E-state index in [1.165, 1.54) is 16.8 Å². The summed E-state index contributed by atoms with van der Waals surface area (Å²) in [5, 5.41) is 4.93. The van der Waals surface area contributed by atoms with E-state index in [1.807, 2.05) is 16.7 Å². The third-order valence-corrected chi connectivity index (χ3v) is 6.27. The fraction of sp³-hybridized carbons (Fsp3) is 0.333. The quantitative estimate of drug-likeness (QED) is 0.398. The van der Waals surface area contributed by atoms with E-state index in [4.69, 9.17) is 16.3 Å². The van der Waals surface area contributed by atoms with Crippen molar-refractivity contribution in [1.29, 1.82) is 0 Å². The minimum Gasteiger partial charge on any atom is -0.378 e. The van der Waals surface area contributed by atoms with Crippen molar-refractivity contribution in [2.45, 2.75) is 6.42 Å². The SMILES string of the molecule is Clc1cc(N2CCOCC2)c2c(n1)C=C(c1cnn(PI)c1)C2. The largest absolute Gasteiger partial charge is 0.378 e. The summed E-state index contributed by atoms with van der Waals surface area (Å²) in [6.07, 6.45) is 7.66. The number of hydrogen-bond acceptors (Lipinski definition) is 4. The van der Waals surface area contributed by atoms with Crippen molar-refractivity contribution in [3.8, 4) is 0 Å². The maximum absolute atomic E-state index is 6.25. The second kappa shape index (κ2) is 6.67. The van der Waals surface area contributed by atoms with Gasteiger partial charge in [0.15, 0.2) is 0 Å². The number of ether oxygens (including phenoxy) is 1. The van der Waals surface area contributed by atoms with E-state index in [1.54, 1.807) is 0 Å². The zero-order chi connectivity index (χ0) is 15.8. The second-order valence-corrected chi connectivity index (χ2v) is 7.99. The van der Waals surface area contributed by atoms with Crippen molar-refractivity contribution in [3.63, 3.8) is 0 Å². The summed E-state index contributed by atoms with van der Waals surface area (Å²) in [6.45, 7) is 3.32. The maximum Gasteiger partial charge on any atom is 0.131 e. The van der Waals surface area contributed by atoms with E-state index in [9.17, 15) is 0 Å². The van der Waals surface area contributed by atoms with Crippen LogP contribution in [0.3, 0.4) is 0 Å². The van der Waals surface area contributed by atoms with E-state index in [0.717, 1.165) is 44.0 Å². The van der Waals surface area contributed by atoms with E-state index < -0.39 is 0 Å². The number of halogens is 2. The molecule has 0 aromatic carbocycles. The molecule has 0 N–H and O–H groups in total. The van der Waals surface area contributed by atoms with Crippen LogP contribution in [0.2, 0.25) is 5.15 Å². The lowest BCUT2D eigenvalue weighted by atomic mass is 10.1. The highest BCUT2D eigenvalue weighted by Crippen LogP contribution is 2.38. The van der Waals surface area contributed by atoms with Gasteiger partial charge < -0.3 is 9.64 Å². The molecule has 2 aromatic rings. The van der Waals surface area contributed by atoms with Gasteiger partial charge in [-0.05, 0) is 39.8 Å². The Bertz CT molecular complexity index is 773. The highest BCUT2D eigenvalue weighted by atomic mass is 127. The van der Waals surface area contributed by atoms with Gasteiger partial charge in [0.2, 0.25) is 0 Å². The number of nitrogens with zero attached hydrogens (tertiary/aromatic N) is 4. The molecule has 0 amide bonds. The number of fused-ring (bicyclic) bond motifs is 1. The minimum atomic E-state index is 0.548. The number of rotatable bonds is 3. The number of morpholine rings is 1. The molecule has 2 aromatic heterocycles. The number of aromatic nitrogens is 3. The number of anilines is 1. The molecule has 23 heavy (non-hydrogen) atoms. The van der Waals surface area contributed by atoms with Crippen molar-refractivity contribution >= 4 is 57.4 Å². The Morgan fingerprint density at radius 3 is 2.87 bits per heavy atom. The molecule has 0 saturated carbocycles. The lowest BCUT2D eigenvalue weighted by Gasteiger charge is -2.30. The second-order valence-electron chi connectivity index (χ2n) is 5.53. The predicted molar refractivity (Wildman–Crippen MR) is 104 cm³/mol. The summed E-state index contributed by atoms with van der Waals surface area (Å²) in [5.41, 5.74) is 5.86. The van der Waals surface area contributed by atoms with E-state index in [2.05, 4.69) is 49.3 Å². The van der Waals surface area contributed by atoms with Gasteiger partial charge >= 0.3 is 0 Å². The standard InChI is InChI=1S/C15H15ClIN4OP/c16-15-7-14(20-1-3-22-4-2-20)12-5-10(6-13(12)19-15)11-8-18-21(9-11)23-17/h6-9,23H,1-5H2. The zero-order valence-corrected chi connectivity index (χ0v) is 16.2. The van der Waals surface area contributed by atoms with E-state index >= 15 is 0 Å². The van der Waals surface area contributed by atoms with Crippen LogP contribution in [0.1, 0.15) is 16.8 Å². The summed E-state index contributed by atoms with van der Waals surface area (Å²) >= 11 is 8.58. The van der Waals surface area contributed by atoms with Crippen molar-refractivity contribution in [1.82, 2.24) is 14.5 Å². The van der Waals surface area contributed by atoms with Crippen LogP contribution in [0.15, 0.2) is 18.5 Å². The van der Waals surface area contributed by atoms with Gasteiger partial charge in [-0.15, -0.1) is 0 Å². The van der Waals surface area contributed by atoms with E-state index in [0.29, 0.717) is 11.5 Å².